The Hall–Kier alpha value is -2.69. The summed E-state index contributed by atoms with van der Waals surface area (Å²) in [7, 11) is 1.64. The number of urea groups is 1. The van der Waals surface area contributed by atoms with E-state index >= 15 is 0 Å². The SMILES string of the molecule is CN(C(=O)N1CCC(C(=O)c2ccccc2)CC1)c1cccc(F)c1. The van der Waals surface area contributed by atoms with Crippen LogP contribution in [0.5, 0.6) is 0 Å². The molecule has 0 N–H and O–H groups in total. The predicted octanol–water partition coefficient (Wildman–Crippen LogP) is 3.98. The zero-order valence-corrected chi connectivity index (χ0v) is 14.2. The van der Waals surface area contributed by atoms with Crippen LogP contribution in [0.15, 0.2) is 54.6 Å². The lowest BCUT2D eigenvalue weighted by Gasteiger charge is -2.34. The predicted molar refractivity (Wildman–Crippen MR) is 95.3 cm³/mol. The van der Waals surface area contributed by atoms with Crippen LogP contribution in [0.1, 0.15) is 23.2 Å². The number of piperidine rings is 1. The Bertz CT molecular complexity index is 755. The molecule has 0 unspecified atom stereocenters. The third kappa shape index (κ3) is 3.87. The van der Waals surface area contributed by atoms with E-state index in [1.807, 2.05) is 30.3 Å². The molecule has 0 radical (unpaired) electrons. The highest BCUT2D eigenvalue weighted by molar-refractivity contribution is 5.98. The number of anilines is 1. The number of carbonyl (C=O) groups excluding carboxylic acids is 2. The van der Waals surface area contributed by atoms with Gasteiger partial charge in [0.05, 0.1) is 0 Å². The minimum absolute atomic E-state index is 0.0501. The van der Waals surface area contributed by atoms with Gasteiger partial charge in [-0.25, -0.2) is 9.18 Å². The highest BCUT2D eigenvalue weighted by Gasteiger charge is 2.29. The lowest BCUT2D eigenvalue weighted by atomic mass is 9.89. The van der Waals surface area contributed by atoms with Crippen molar-refractivity contribution in [3.8, 4) is 0 Å². The molecule has 3 rings (SSSR count). The minimum atomic E-state index is -0.371. The molecule has 0 spiro atoms. The van der Waals surface area contributed by atoms with Gasteiger partial charge in [0.25, 0.3) is 0 Å². The van der Waals surface area contributed by atoms with E-state index in [4.69, 9.17) is 0 Å². The summed E-state index contributed by atoms with van der Waals surface area (Å²) in [6, 6.07) is 15.1. The molecule has 130 valence electrons. The fourth-order valence-corrected chi connectivity index (χ4v) is 3.18. The summed E-state index contributed by atoms with van der Waals surface area (Å²) < 4.78 is 13.3. The highest BCUT2D eigenvalue weighted by atomic mass is 19.1. The Morgan fingerprint density at radius 1 is 1.04 bits per heavy atom. The molecule has 2 amide bonds. The summed E-state index contributed by atoms with van der Waals surface area (Å²) in [4.78, 5) is 28.3. The third-order valence-corrected chi connectivity index (χ3v) is 4.68. The molecule has 5 heteroatoms. The molecule has 0 atom stereocenters. The number of halogens is 1. The van der Waals surface area contributed by atoms with Crippen molar-refractivity contribution in [2.75, 3.05) is 25.0 Å². The molecule has 4 nitrogen and oxygen atoms in total. The molecule has 25 heavy (non-hydrogen) atoms. The van der Waals surface area contributed by atoms with Gasteiger partial charge in [0.15, 0.2) is 5.78 Å². The second kappa shape index (κ2) is 7.47. The van der Waals surface area contributed by atoms with Gasteiger partial charge in [-0.1, -0.05) is 36.4 Å². The molecular weight excluding hydrogens is 319 g/mol. The number of benzene rings is 2. The first-order chi connectivity index (χ1) is 12.1. The first-order valence-corrected chi connectivity index (χ1v) is 8.43. The van der Waals surface area contributed by atoms with Gasteiger partial charge < -0.3 is 4.90 Å². The number of carbonyl (C=O) groups is 2. The zero-order chi connectivity index (χ0) is 17.8. The normalized spacial score (nSPS) is 15.0. The second-order valence-electron chi connectivity index (χ2n) is 6.31. The average molecular weight is 340 g/mol. The molecular formula is C20H21FN2O2. The fraction of sp³-hybridized carbons (Fsp3) is 0.300. The number of hydrogen-bond acceptors (Lipinski definition) is 2. The number of ketones is 1. The number of rotatable bonds is 3. The van der Waals surface area contributed by atoms with Crippen molar-refractivity contribution in [1.82, 2.24) is 4.90 Å². The van der Waals surface area contributed by atoms with Crippen LogP contribution in [0.2, 0.25) is 0 Å². The Kier molecular flexibility index (Phi) is 5.12. The molecule has 0 aliphatic carbocycles. The Labute approximate surface area is 146 Å². The van der Waals surface area contributed by atoms with Crippen molar-refractivity contribution < 1.29 is 14.0 Å². The van der Waals surface area contributed by atoms with Gasteiger partial charge in [0.1, 0.15) is 5.82 Å². The van der Waals surface area contributed by atoms with E-state index in [0.717, 1.165) is 5.56 Å². The number of Topliss-reactive ketones (excluding diaryl/α,β-unsaturated/α-hetero) is 1. The standard InChI is InChI=1S/C20H21FN2O2/c1-22(18-9-5-8-17(21)14-18)20(25)23-12-10-16(11-13-23)19(24)15-6-3-2-4-7-15/h2-9,14,16H,10-13H2,1H3. The number of likely N-dealkylation sites (tertiary alicyclic amines) is 1. The van der Waals surface area contributed by atoms with Crippen molar-refractivity contribution in [2.24, 2.45) is 5.92 Å². The van der Waals surface area contributed by atoms with Crippen LogP contribution < -0.4 is 4.90 Å². The molecule has 1 fully saturated rings. The van der Waals surface area contributed by atoms with E-state index in [2.05, 4.69) is 0 Å². The van der Waals surface area contributed by atoms with Crippen molar-refractivity contribution >= 4 is 17.5 Å². The zero-order valence-electron chi connectivity index (χ0n) is 14.2. The molecule has 1 aliphatic rings. The highest BCUT2D eigenvalue weighted by Crippen LogP contribution is 2.24. The topological polar surface area (TPSA) is 40.6 Å². The summed E-state index contributed by atoms with van der Waals surface area (Å²) in [5.41, 5.74) is 1.25. The summed E-state index contributed by atoms with van der Waals surface area (Å²) in [6.07, 6.45) is 1.30. The van der Waals surface area contributed by atoms with Gasteiger partial charge in [-0.05, 0) is 31.0 Å². The maximum atomic E-state index is 13.3. The number of amides is 2. The summed E-state index contributed by atoms with van der Waals surface area (Å²) in [5, 5.41) is 0. The molecule has 0 saturated carbocycles. The lowest BCUT2D eigenvalue weighted by molar-refractivity contribution is 0.0857. The van der Waals surface area contributed by atoms with Gasteiger partial charge in [-0.2, -0.15) is 0 Å². The van der Waals surface area contributed by atoms with E-state index in [-0.39, 0.29) is 23.5 Å². The molecule has 2 aromatic rings. The molecule has 0 aromatic heterocycles. The van der Waals surface area contributed by atoms with E-state index in [1.165, 1.54) is 17.0 Å². The largest absolute Gasteiger partial charge is 0.324 e. The van der Waals surface area contributed by atoms with Crippen LogP contribution in [0.3, 0.4) is 0 Å². The van der Waals surface area contributed by atoms with Gasteiger partial charge in [0, 0.05) is 37.3 Å². The van der Waals surface area contributed by atoms with Gasteiger partial charge >= 0.3 is 6.03 Å². The lowest BCUT2D eigenvalue weighted by Crippen LogP contribution is -2.46. The quantitative estimate of drug-likeness (QED) is 0.793. The molecule has 2 aromatic carbocycles. The summed E-state index contributed by atoms with van der Waals surface area (Å²) in [6.45, 7) is 1.06. The Morgan fingerprint density at radius 2 is 1.72 bits per heavy atom. The van der Waals surface area contributed by atoms with Crippen LogP contribution >= 0.6 is 0 Å². The maximum Gasteiger partial charge on any atom is 0.324 e. The van der Waals surface area contributed by atoms with Gasteiger partial charge in [-0.3, -0.25) is 9.69 Å². The van der Waals surface area contributed by atoms with E-state index in [9.17, 15) is 14.0 Å². The number of nitrogens with zero attached hydrogens (tertiary/aromatic N) is 2. The van der Waals surface area contributed by atoms with E-state index < -0.39 is 0 Å². The monoisotopic (exact) mass is 340 g/mol. The van der Waals surface area contributed by atoms with Crippen molar-refractivity contribution in [2.45, 2.75) is 12.8 Å². The van der Waals surface area contributed by atoms with Crippen LogP contribution in [0.25, 0.3) is 0 Å². The molecule has 0 bridgehead atoms. The number of hydrogen-bond donors (Lipinski definition) is 0. The fourth-order valence-electron chi connectivity index (χ4n) is 3.18. The first kappa shape index (κ1) is 17.1. The Morgan fingerprint density at radius 3 is 2.36 bits per heavy atom. The van der Waals surface area contributed by atoms with Crippen LogP contribution in [0.4, 0.5) is 14.9 Å². The van der Waals surface area contributed by atoms with E-state index in [0.29, 0.717) is 31.6 Å². The smallest absolute Gasteiger partial charge is 0.324 e. The van der Waals surface area contributed by atoms with Crippen LogP contribution in [-0.4, -0.2) is 36.9 Å². The molecule has 1 saturated heterocycles. The van der Waals surface area contributed by atoms with Crippen LogP contribution in [0, 0.1) is 11.7 Å². The first-order valence-electron chi connectivity index (χ1n) is 8.43. The van der Waals surface area contributed by atoms with E-state index in [1.54, 1.807) is 24.1 Å². The third-order valence-electron chi connectivity index (χ3n) is 4.68. The van der Waals surface area contributed by atoms with Crippen molar-refractivity contribution in [1.29, 1.82) is 0 Å². The van der Waals surface area contributed by atoms with Crippen molar-refractivity contribution in [3.63, 3.8) is 0 Å². The Balaban J connectivity index is 1.60. The van der Waals surface area contributed by atoms with Gasteiger partial charge in [0.2, 0.25) is 0 Å². The van der Waals surface area contributed by atoms with Crippen molar-refractivity contribution in [3.05, 3.63) is 66.0 Å². The molecule has 1 aliphatic heterocycles. The van der Waals surface area contributed by atoms with Gasteiger partial charge in [-0.15, -0.1) is 0 Å². The second-order valence-corrected chi connectivity index (χ2v) is 6.31. The average Bonchev–Trinajstić information content (AvgIpc) is 2.67. The minimum Gasteiger partial charge on any atom is -0.324 e. The summed E-state index contributed by atoms with van der Waals surface area (Å²) >= 11 is 0. The summed E-state index contributed by atoms with van der Waals surface area (Å²) in [5.74, 6) is -0.276. The molecule has 1 heterocycles. The maximum absolute atomic E-state index is 13.3. The van der Waals surface area contributed by atoms with Crippen LogP contribution in [-0.2, 0) is 0 Å².